The number of carbonyl (C=O) groups excluding carboxylic acids is 1. The molecule has 1 aromatic rings. The number of hydrogen-bond acceptors (Lipinski definition) is 4. The Morgan fingerprint density at radius 3 is 2.62 bits per heavy atom. The van der Waals surface area contributed by atoms with Crippen molar-refractivity contribution in [2.24, 2.45) is 5.92 Å². The lowest BCUT2D eigenvalue weighted by molar-refractivity contribution is 0.111. The SMILES string of the molecule is O=C(NC1CC(NC2CCCCC2CO)C1)OCc1ccccc1. The highest BCUT2D eigenvalue weighted by Gasteiger charge is 2.34. The second kappa shape index (κ2) is 8.49. The number of amides is 1. The van der Waals surface area contributed by atoms with Crippen molar-refractivity contribution in [1.82, 2.24) is 10.6 Å². The summed E-state index contributed by atoms with van der Waals surface area (Å²) in [5.74, 6) is 0.390. The number of rotatable bonds is 6. The van der Waals surface area contributed by atoms with E-state index < -0.39 is 0 Å². The smallest absolute Gasteiger partial charge is 0.407 e. The van der Waals surface area contributed by atoms with E-state index in [0.717, 1.165) is 31.2 Å². The summed E-state index contributed by atoms with van der Waals surface area (Å²) < 4.78 is 5.25. The van der Waals surface area contributed by atoms with Crippen LogP contribution >= 0.6 is 0 Å². The summed E-state index contributed by atoms with van der Waals surface area (Å²) in [4.78, 5) is 11.8. The van der Waals surface area contributed by atoms with Crippen LogP contribution in [0.1, 0.15) is 44.1 Å². The van der Waals surface area contributed by atoms with E-state index in [1.165, 1.54) is 12.8 Å². The first kappa shape index (κ1) is 17.2. The summed E-state index contributed by atoms with van der Waals surface area (Å²) in [6.45, 7) is 0.583. The third kappa shape index (κ3) is 4.71. The summed E-state index contributed by atoms with van der Waals surface area (Å²) in [5, 5.41) is 16.1. The minimum Gasteiger partial charge on any atom is -0.445 e. The first-order valence-electron chi connectivity index (χ1n) is 9.08. The van der Waals surface area contributed by atoms with Gasteiger partial charge in [-0.2, -0.15) is 0 Å². The van der Waals surface area contributed by atoms with Gasteiger partial charge >= 0.3 is 6.09 Å². The molecule has 3 rings (SSSR count). The predicted octanol–water partition coefficient (Wildman–Crippen LogP) is 2.58. The van der Waals surface area contributed by atoms with Crippen molar-refractivity contribution in [3.8, 4) is 0 Å². The number of hydrogen-bond donors (Lipinski definition) is 3. The molecule has 2 atom stereocenters. The molecular formula is C19H28N2O3. The maximum atomic E-state index is 11.8. The molecule has 0 spiro atoms. The van der Waals surface area contributed by atoms with Crippen LogP contribution in [-0.2, 0) is 11.3 Å². The van der Waals surface area contributed by atoms with Gasteiger partial charge in [0.15, 0.2) is 0 Å². The topological polar surface area (TPSA) is 70.6 Å². The highest BCUT2D eigenvalue weighted by molar-refractivity contribution is 5.67. The van der Waals surface area contributed by atoms with Crippen molar-refractivity contribution in [1.29, 1.82) is 0 Å². The second-order valence-corrected chi connectivity index (χ2v) is 7.07. The maximum absolute atomic E-state index is 11.8. The van der Waals surface area contributed by atoms with Gasteiger partial charge < -0.3 is 20.5 Å². The zero-order chi connectivity index (χ0) is 16.8. The van der Waals surface area contributed by atoms with Gasteiger partial charge in [0.2, 0.25) is 0 Å². The molecule has 0 radical (unpaired) electrons. The molecule has 2 fully saturated rings. The molecule has 0 bridgehead atoms. The van der Waals surface area contributed by atoms with Crippen LogP contribution in [0.2, 0.25) is 0 Å². The summed E-state index contributed by atoms with van der Waals surface area (Å²) in [6, 6.07) is 10.8. The average molecular weight is 332 g/mol. The molecule has 2 saturated carbocycles. The molecule has 2 aliphatic carbocycles. The van der Waals surface area contributed by atoms with Crippen molar-refractivity contribution >= 4 is 6.09 Å². The molecule has 24 heavy (non-hydrogen) atoms. The molecule has 2 unspecified atom stereocenters. The van der Waals surface area contributed by atoms with Crippen LogP contribution in [0.25, 0.3) is 0 Å². The predicted molar refractivity (Wildman–Crippen MR) is 92.5 cm³/mol. The molecule has 2 aliphatic rings. The van der Waals surface area contributed by atoms with Crippen LogP contribution in [0.15, 0.2) is 30.3 Å². The number of aliphatic hydroxyl groups excluding tert-OH is 1. The number of aliphatic hydroxyl groups is 1. The van der Waals surface area contributed by atoms with Gasteiger partial charge in [0.25, 0.3) is 0 Å². The summed E-state index contributed by atoms with van der Waals surface area (Å²) in [7, 11) is 0. The van der Waals surface area contributed by atoms with Crippen LogP contribution in [-0.4, -0.2) is 35.9 Å². The van der Waals surface area contributed by atoms with E-state index >= 15 is 0 Å². The van der Waals surface area contributed by atoms with E-state index in [1.807, 2.05) is 30.3 Å². The van der Waals surface area contributed by atoms with Crippen molar-refractivity contribution in [2.75, 3.05) is 6.61 Å². The van der Waals surface area contributed by atoms with Gasteiger partial charge in [-0.3, -0.25) is 0 Å². The number of ether oxygens (including phenoxy) is 1. The van der Waals surface area contributed by atoms with E-state index in [9.17, 15) is 9.90 Å². The molecule has 0 saturated heterocycles. The molecule has 0 aliphatic heterocycles. The average Bonchev–Trinajstić information content (AvgIpc) is 2.59. The van der Waals surface area contributed by atoms with Gasteiger partial charge in [-0.05, 0) is 37.2 Å². The van der Waals surface area contributed by atoms with Gasteiger partial charge in [-0.1, -0.05) is 43.2 Å². The normalized spacial score (nSPS) is 29.5. The van der Waals surface area contributed by atoms with Crippen LogP contribution in [0, 0.1) is 5.92 Å². The molecule has 1 aromatic carbocycles. The number of benzene rings is 1. The van der Waals surface area contributed by atoms with Gasteiger partial charge in [0.05, 0.1) is 0 Å². The maximum Gasteiger partial charge on any atom is 0.407 e. The summed E-state index contributed by atoms with van der Waals surface area (Å²) >= 11 is 0. The van der Waals surface area contributed by atoms with E-state index in [4.69, 9.17) is 4.74 Å². The fourth-order valence-electron chi connectivity index (χ4n) is 3.75. The fraction of sp³-hybridized carbons (Fsp3) is 0.632. The Morgan fingerprint density at radius 2 is 1.88 bits per heavy atom. The molecule has 0 heterocycles. The molecule has 5 heteroatoms. The minimum absolute atomic E-state index is 0.196. The summed E-state index contributed by atoms with van der Waals surface area (Å²) in [6.07, 6.45) is 6.28. The van der Waals surface area contributed by atoms with Crippen LogP contribution in [0.4, 0.5) is 4.79 Å². The van der Waals surface area contributed by atoms with Gasteiger partial charge in [0.1, 0.15) is 6.61 Å². The molecule has 132 valence electrons. The Bertz CT molecular complexity index is 517. The van der Waals surface area contributed by atoms with Crippen LogP contribution in [0.5, 0.6) is 0 Å². The molecule has 1 amide bonds. The van der Waals surface area contributed by atoms with E-state index in [2.05, 4.69) is 10.6 Å². The third-order valence-corrected chi connectivity index (χ3v) is 5.27. The van der Waals surface area contributed by atoms with Crippen molar-refractivity contribution in [2.45, 2.75) is 63.3 Å². The Balaban J connectivity index is 1.32. The standard InChI is InChI=1S/C19H28N2O3/c22-12-15-8-4-5-9-18(15)20-16-10-17(11-16)21-19(23)24-13-14-6-2-1-3-7-14/h1-3,6-7,15-18,20,22H,4-5,8-13H2,(H,21,23). The second-order valence-electron chi connectivity index (χ2n) is 7.07. The lowest BCUT2D eigenvalue weighted by Crippen LogP contribution is -2.56. The number of nitrogens with one attached hydrogen (secondary N) is 2. The monoisotopic (exact) mass is 332 g/mol. The Kier molecular flexibility index (Phi) is 6.10. The van der Waals surface area contributed by atoms with Crippen molar-refractivity contribution in [3.05, 3.63) is 35.9 Å². The highest BCUT2D eigenvalue weighted by Crippen LogP contribution is 2.28. The van der Waals surface area contributed by atoms with Crippen molar-refractivity contribution in [3.63, 3.8) is 0 Å². The van der Waals surface area contributed by atoms with Gasteiger partial charge in [-0.25, -0.2) is 4.79 Å². The minimum atomic E-state index is -0.340. The van der Waals surface area contributed by atoms with Crippen LogP contribution in [0.3, 0.4) is 0 Å². The zero-order valence-electron chi connectivity index (χ0n) is 14.1. The van der Waals surface area contributed by atoms with Crippen molar-refractivity contribution < 1.29 is 14.6 Å². The Morgan fingerprint density at radius 1 is 1.12 bits per heavy atom. The van der Waals surface area contributed by atoms with E-state index in [1.54, 1.807) is 0 Å². The Hall–Kier alpha value is -1.59. The number of alkyl carbamates (subject to hydrolysis) is 1. The fourth-order valence-corrected chi connectivity index (χ4v) is 3.75. The van der Waals surface area contributed by atoms with E-state index in [-0.39, 0.29) is 18.7 Å². The molecule has 0 aromatic heterocycles. The number of carbonyl (C=O) groups is 1. The molecule has 3 N–H and O–H groups in total. The zero-order valence-corrected chi connectivity index (χ0v) is 14.1. The highest BCUT2D eigenvalue weighted by atomic mass is 16.5. The van der Waals surface area contributed by atoms with Gasteiger partial charge in [-0.15, -0.1) is 0 Å². The first-order valence-corrected chi connectivity index (χ1v) is 9.08. The quantitative estimate of drug-likeness (QED) is 0.749. The third-order valence-electron chi connectivity index (χ3n) is 5.27. The first-order chi connectivity index (χ1) is 11.7. The lowest BCUT2D eigenvalue weighted by atomic mass is 9.81. The van der Waals surface area contributed by atoms with E-state index in [0.29, 0.717) is 24.6 Å². The lowest BCUT2D eigenvalue weighted by Gasteiger charge is -2.41. The summed E-state index contributed by atoms with van der Waals surface area (Å²) in [5.41, 5.74) is 0.994. The van der Waals surface area contributed by atoms with Gasteiger partial charge in [0, 0.05) is 24.7 Å². The van der Waals surface area contributed by atoms with Crippen LogP contribution < -0.4 is 10.6 Å². The largest absolute Gasteiger partial charge is 0.445 e. The Labute approximate surface area is 143 Å². The molecule has 5 nitrogen and oxygen atoms in total. The molecular weight excluding hydrogens is 304 g/mol.